The van der Waals surface area contributed by atoms with Crippen LogP contribution in [0.15, 0.2) is 65.7 Å². The second-order valence-corrected chi connectivity index (χ2v) is 10.5. The third kappa shape index (κ3) is 5.05. The molecule has 1 fully saturated rings. The molecule has 2 aromatic carbocycles. The van der Waals surface area contributed by atoms with Crippen molar-refractivity contribution in [2.45, 2.75) is 50.0 Å². The van der Waals surface area contributed by atoms with Gasteiger partial charge in [0.15, 0.2) is 0 Å². The zero-order valence-electron chi connectivity index (χ0n) is 18.5. The van der Waals surface area contributed by atoms with Crippen LogP contribution in [0.2, 0.25) is 0 Å². The van der Waals surface area contributed by atoms with Gasteiger partial charge in [0.2, 0.25) is 15.9 Å². The minimum absolute atomic E-state index is 0.0634. The summed E-state index contributed by atoms with van der Waals surface area (Å²) in [4.78, 5) is 12.8. The molecule has 0 unspecified atom stereocenters. The number of sulfonamides is 1. The molecule has 170 valence electrons. The Kier molecular flexibility index (Phi) is 6.96. The summed E-state index contributed by atoms with van der Waals surface area (Å²) in [5, 5.41) is 3.83. The Morgan fingerprint density at radius 3 is 2.44 bits per heavy atom. The SMILES string of the molecule is C[C@@H](CNC(=O)Cn1ccc2cc(S(=O)(=O)N3CCCCCC3)ccc21)c1ccccc1. The molecule has 1 saturated heterocycles. The van der Waals surface area contributed by atoms with Gasteiger partial charge in [-0.15, -0.1) is 0 Å². The summed E-state index contributed by atoms with van der Waals surface area (Å²) in [6.45, 7) is 4.03. The van der Waals surface area contributed by atoms with Crippen molar-refractivity contribution in [2.75, 3.05) is 19.6 Å². The van der Waals surface area contributed by atoms with Gasteiger partial charge in [-0.25, -0.2) is 8.42 Å². The molecule has 1 amide bonds. The molecule has 2 heterocycles. The zero-order chi connectivity index (χ0) is 22.6. The maximum Gasteiger partial charge on any atom is 0.243 e. The number of benzene rings is 2. The van der Waals surface area contributed by atoms with Crippen LogP contribution < -0.4 is 5.32 Å². The topological polar surface area (TPSA) is 71.4 Å². The fourth-order valence-electron chi connectivity index (χ4n) is 4.28. The van der Waals surface area contributed by atoms with Gasteiger partial charge in [-0.3, -0.25) is 4.79 Å². The number of rotatable bonds is 7. The van der Waals surface area contributed by atoms with Gasteiger partial charge in [0.1, 0.15) is 6.54 Å². The van der Waals surface area contributed by atoms with E-state index in [1.165, 1.54) is 5.56 Å². The van der Waals surface area contributed by atoms with E-state index in [2.05, 4.69) is 24.4 Å². The van der Waals surface area contributed by atoms with Crippen LogP contribution >= 0.6 is 0 Å². The molecular formula is C25H31N3O3S. The molecule has 0 bridgehead atoms. The van der Waals surface area contributed by atoms with E-state index in [9.17, 15) is 13.2 Å². The number of carbonyl (C=O) groups is 1. The average Bonchev–Trinajstić information content (AvgIpc) is 3.00. The second kappa shape index (κ2) is 9.88. The number of amides is 1. The minimum Gasteiger partial charge on any atom is -0.354 e. The molecule has 1 aromatic heterocycles. The first-order valence-electron chi connectivity index (χ1n) is 11.4. The van der Waals surface area contributed by atoms with Gasteiger partial charge in [0, 0.05) is 36.7 Å². The van der Waals surface area contributed by atoms with E-state index < -0.39 is 10.0 Å². The van der Waals surface area contributed by atoms with Crippen molar-refractivity contribution >= 4 is 26.8 Å². The highest BCUT2D eigenvalue weighted by molar-refractivity contribution is 7.89. The third-order valence-corrected chi connectivity index (χ3v) is 8.13. The molecule has 3 aromatic rings. The van der Waals surface area contributed by atoms with Crippen molar-refractivity contribution in [1.29, 1.82) is 0 Å². The summed E-state index contributed by atoms with van der Waals surface area (Å²) >= 11 is 0. The predicted molar refractivity (Wildman–Crippen MR) is 127 cm³/mol. The number of hydrogen-bond acceptors (Lipinski definition) is 3. The lowest BCUT2D eigenvalue weighted by Gasteiger charge is -2.20. The molecule has 1 aliphatic rings. The van der Waals surface area contributed by atoms with Crippen molar-refractivity contribution in [2.24, 2.45) is 0 Å². The molecule has 1 aliphatic heterocycles. The van der Waals surface area contributed by atoms with Gasteiger partial charge in [-0.05, 0) is 48.6 Å². The lowest BCUT2D eigenvalue weighted by molar-refractivity contribution is -0.121. The molecule has 6 nitrogen and oxygen atoms in total. The standard InChI is InChI=1S/C25H31N3O3S/c1-20(21-9-5-4-6-10-21)18-26-25(29)19-27-16-13-22-17-23(11-12-24(22)27)32(30,31)28-14-7-2-3-8-15-28/h4-6,9-13,16-17,20H,2-3,7-8,14-15,18-19H2,1H3,(H,26,29)/t20-/m0/s1. The number of nitrogens with zero attached hydrogens (tertiary/aromatic N) is 2. The van der Waals surface area contributed by atoms with E-state index in [0.29, 0.717) is 24.5 Å². The number of fused-ring (bicyclic) bond motifs is 1. The molecule has 1 atom stereocenters. The number of aromatic nitrogens is 1. The molecule has 0 spiro atoms. The zero-order valence-corrected chi connectivity index (χ0v) is 19.4. The fraction of sp³-hybridized carbons (Fsp3) is 0.400. The van der Waals surface area contributed by atoms with Gasteiger partial charge in [0.05, 0.1) is 4.90 Å². The first-order chi connectivity index (χ1) is 15.4. The molecule has 32 heavy (non-hydrogen) atoms. The largest absolute Gasteiger partial charge is 0.354 e. The van der Waals surface area contributed by atoms with E-state index in [1.807, 2.05) is 35.0 Å². The van der Waals surface area contributed by atoms with Crippen LogP contribution in [-0.4, -0.2) is 42.8 Å². The molecule has 0 aliphatic carbocycles. The van der Waals surface area contributed by atoms with Crippen molar-refractivity contribution in [3.8, 4) is 0 Å². The van der Waals surface area contributed by atoms with Crippen LogP contribution in [0.4, 0.5) is 0 Å². The van der Waals surface area contributed by atoms with E-state index >= 15 is 0 Å². The van der Waals surface area contributed by atoms with Gasteiger partial charge in [-0.2, -0.15) is 4.31 Å². The lowest BCUT2D eigenvalue weighted by Crippen LogP contribution is -2.32. The molecule has 7 heteroatoms. The van der Waals surface area contributed by atoms with E-state index in [4.69, 9.17) is 0 Å². The lowest BCUT2D eigenvalue weighted by atomic mass is 10.0. The van der Waals surface area contributed by atoms with Gasteiger partial charge in [-0.1, -0.05) is 50.1 Å². The maximum atomic E-state index is 13.1. The van der Waals surface area contributed by atoms with Crippen LogP contribution in [0.3, 0.4) is 0 Å². The van der Waals surface area contributed by atoms with Gasteiger partial charge < -0.3 is 9.88 Å². The third-order valence-electron chi connectivity index (χ3n) is 6.23. The monoisotopic (exact) mass is 453 g/mol. The molecular weight excluding hydrogens is 422 g/mol. The van der Waals surface area contributed by atoms with E-state index in [-0.39, 0.29) is 18.4 Å². The summed E-state index contributed by atoms with van der Waals surface area (Å²) in [6, 6.07) is 17.2. The maximum absolute atomic E-state index is 13.1. The normalized spacial score (nSPS) is 16.5. The Morgan fingerprint density at radius 2 is 1.72 bits per heavy atom. The van der Waals surface area contributed by atoms with Crippen LogP contribution in [0.5, 0.6) is 0 Å². The van der Waals surface area contributed by atoms with Crippen molar-refractivity contribution in [3.05, 3.63) is 66.4 Å². The highest BCUT2D eigenvalue weighted by atomic mass is 32.2. The smallest absolute Gasteiger partial charge is 0.243 e. The van der Waals surface area contributed by atoms with Crippen LogP contribution in [0.25, 0.3) is 10.9 Å². The Labute approximate surface area is 190 Å². The first-order valence-corrected chi connectivity index (χ1v) is 12.8. The number of carbonyl (C=O) groups excluding carboxylic acids is 1. The first kappa shape index (κ1) is 22.6. The Bertz CT molecular complexity index is 1160. The fourth-order valence-corrected chi connectivity index (χ4v) is 5.84. The van der Waals surface area contributed by atoms with Crippen LogP contribution in [0.1, 0.15) is 44.1 Å². The predicted octanol–water partition coefficient (Wildman–Crippen LogP) is 4.13. The van der Waals surface area contributed by atoms with Crippen molar-refractivity contribution in [3.63, 3.8) is 0 Å². The minimum atomic E-state index is -3.49. The molecule has 0 saturated carbocycles. The molecule has 0 radical (unpaired) electrons. The highest BCUT2D eigenvalue weighted by Crippen LogP contribution is 2.25. The van der Waals surface area contributed by atoms with E-state index in [1.54, 1.807) is 22.5 Å². The van der Waals surface area contributed by atoms with Crippen LogP contribution in [0, 0.1) is 0 Å². The molecule has 4 rings (SSSR count). The summed E-state index contributed by atoms with van der Waals surface area (Å²) in [7, 11) is -3.49. The Morgan fingerprint density at radius 1 is 1.00 bits per heavy atom. The Hall–Kier alpha value is -2.64. The summed E-state index contributed by atoms with van der Waals surface area (Å²) in [5.41, 5.74) is 2.04. The van der Waals surface area contributed by atoms with Crippen molar-refractivity contribution < 1.29 is 13.2 Å². The summed E-state index contributed by atoms with van der Waals surface area (Å²) in [6.07, 6.45) is 5.83. The number of nitrogens with one attached hydrogen (secondary N) is 1. The Balaban J connectivity index is 1.43. The molecule has 1 N–H and O–H groups in total. The van der Waals surface area contributed by atoms with Crippen molar-refractivity contribution in [1.82, 2.24) is 14.2 Å². The summed E-state index contributed by atoms with van der Waals surface area (Å²) in [5.74, 6) is 0.167. The summed E-state index contributed by atoms with van der Waals surface area (Å²) < 4.78 is 29.7. The van der Waals surface area contributed by atoms with E-state index in [0.717, 1.165) is 36.6 Å². The van der Waals surface area contributed by atoms with Gasteiger partial charge in [0.25, 0.3) is 0 Å². The number of hydrogen-bond donors (Lipinski definition) is 1. The van der Waals surface area contributed by atoms with Crippen LogP contribution in [-0.2, 0) is 21.4 Å². The average molecular weight is 454 g/mol. The highest BCUT2D eigenvalue weighted by Gasteiger charge is 2.25. The second-order valence-electron chi connectivity index (χ2n) is 8.60. The quantitative estimate of drug-likeness (QED) is 0.585. The van der Waals surface area contributed by atoms with Gasteiger partial charge >= 0.3 is 0 Å².